The molecule has 4 heterocycles. The van der Waals surface area contributed by atoms with E-state index in [1.165, 1.54) is 6.07 Å². The zero-order valence-electron chi connectivity index (χ0n) is 15.0. The van der Waals surface area contributed by atoms with Crippen LogP contribution in [-0.2, 0) is 0 Å². The minimum Gasteiger partial charge on any atom is -0.464 e. The topological polar surface area (TPSA) is 72.4 Å². The van der Waals surface area contributed by atoms with E-state index in [2.05, 4.69) is 10.1 Å². The van der Waals surface area contributed by atoms with Gasteiger partial charge in [-0.15, -0.1) is 11.3 Å². The number of hydrogen-bond donors (Lipinski definition) is 1. The van der Waals surface area contributed by atoms with Crippen LogP contribution in [0, 0.1) is 0 Å². The van der Waals surface area contributed by atoms with E-state index in [1.54, 1.807) is 28.6 Å². The molecule has 30 heavy (non-hydrogen) atoms. The number of rotatable bonds is 3. The summed E-state index contributed by atoms with van der Waals surface area (Å²) in [7, 11) is 0. The van der Waals surface area contributed by atoms with E-state index in [4.69, 9.17) is 4.42 Å². The molecule has 0 atom stereocenters. The van der Waals surface area contributed by atoms with Gasteiger partial charge in [0.15, 0.2) is 5.65 Å². The molecule has 4 aromatic heterocycles. The van der Waals surface area contributed by atoms with Gasteiger partial charge in [0.25, 0.3) is 5.91 Å². The standard InChI is InChI=1S/C20H11F3N4O2S/c21-20(22,23)26-19(28)17-6-13(10-30-17)15-8-25-27-9-14(7-24-18(15)27)11-1-2-16-12(5-11)3-4-29-16/h1-10H,(H,26,28). The number of carbonyl (C=O) groups is 1. The number of fused-ring (bicyclic) bond motifs is 2. The van der Waals surface area contributed by atoms with E-state index in [-0.39, 0.29) is 4.88 Å². The summed E-state index contributed by atoms with van der Waals surface area (Å²) in [5.41, 5.74) is 4.30. The molecule has 0 spiro atoms. The number of hydrogen-bond acceptors (Lipinski definition) is 5. The maximum Gasteiger partial charge on any atom is 0.484 e. The van der Waals surface area contributed by atoms with Gasteiger partial charge in [0.2, 0.25) is 0 Å². The SMILES string of the molecule is O=C(NC(F)(F)F)c1cc(-c2cnn3cc(-c4ccc5occc5c4)cnc23)cs1. The molecule has 0 aliphatic rings. The first-order valence-electron chi connectivity index (χ1n) is 8.66. The van der Waals surface area contributed by atoms with Gasteiger partial charge in [-0.3, -0.25) is 10.1 Å². The zero-order valence-corrected chi connectivity index (χ0v) is 15.8. The zero-order chi connectivity index (χ0) is 20.9. The number of halogens is 3. The van der Waals surface area contributed by atoms with E-state index >= 15 is 0 Å². The number of nitrogens with one attached hydrogen (secondary N) is 1. The molecule has 10 heteroatoms. The van der Waals surface area contributed by atoms with Crippen LogP contribution in [0.4, 0.5) is 13.2 Å². The molecular formula is C20H11F3N4O2S. The third kappa shape index (κ3) is 3.30. The van der Waals surface area contributed by atoms with Crippen LogP contribution in [0.1, 0.15) is 9.67 Å². The Bertz CT molecular complexity index is 1400. The lowest BCUT2D eigenvalue weighted by Gasteiger charge is -2.06. The monoisotopic (exact) mass is 428 g/mol. The number of benzene rings is 1. The third-order valence-electron chi connectivity index (χ3n) is 4.53. The highest BCUT2D eigenvalue weighted by Crippen LogP contribution is 2.30. The van der Waals surface area contributed by atoms with Crippen LogP contribution in [-0.4, -0.2) is 26.8 Å². The molecule has 5 rings (SSSR count). The van der Waals surface area contributed by atoms with Gasteiger partial charge < -0.3 is 4.42 Å². The highest BCUT2D eigenvalue weighted by Gasteiger charge is 2.31. The fraction of sp³-hybridized carbons (Fsp3) is 0.0500. The molecule has 1 amide bonds. The number of amides is 1. The van der Waals surface area contributed by atoms with Crippen LogP contribution >= 0.6 is 11.3 Å². The maximum absolute atomic E-state index is 12.4. The Kier molecular flexibility index (Phi) is 4.10. The predicted molar refractivity (Wildman–Crippen MR) is 105 cm³/mol. The molecule has 0 unspecified atom stereocenters. The summed E-state index contributed by atoms with van der Waals surface area (Å²) >= 11 is 0.921. The van der Waals surface area contributed by atoms with Crippen molar-refractivity contribution in [3.8, 4) is 22.3 Å². The second-order valence-electron chi connectivity index (χ2n) is 6.49. The van der Waals surface area contributed by atoms with Gasteiger partial charge >= 0.3 is 6.30 Å². The van der Waals surface area contributed by atoms with Gasteiger partial charge in [-0.2, -0.15) is 18.3 Å². The van der Waals surface area contributed by atoms with Crippen LogP contribution in [0.3, 0.4) is 0 Å². The Morgan fingerprint density at radius 2 is 1.97 bits per heavy atom. The number of carbonyl (C=O) groups excluding carboxylic acids is 1. The van der Waals surface area contributed by atoms with Crippen molar-refractivity contribution in [1.82, 2.24) is 19.9 Å². The van der Waals surface area contributed by atoms with Gasteiger partial charge in [0, 0.05) is 28.9 Å². The van der Waals surface area contributed by atoms with Gasteiger partial charge in [0.1, 0.15) is 5.58 Å². The number of nitrogens with zero attached hydrogens (tertiary/aromatic N) is 3. The summed E-state index contributed by atoms with van der Waals surface area (Å²) in [5.74, 6) is -1.19. The molecular weight excluding hydrogens is 417 g/mol. The largest absolute Gasteiger partial charge is 0.484 e. The van der Waals surface area contributed by atoms with Gasteiger partial charge in [0.05, 0.1) is 17.3 Å². The summed E-state index contributed by atoms with van der Waals surface area (Å²) < 4.78 is 44.1. The van der Waals surface area contributed by atoms with E-state index < -0.39 is 12.2 Å². The van der Waals surface area contributed by atoms with Crippen LogP contribution in [0.5, 0.6) is 0 Å². The maximum atomic E-state index is 12.4. The lowest BCUT2D eigenvalue weighted by Crippen LogP contribution is -2.36. The number of furan rings is 1. The molecule has 1 aromatic carbocycles. The first-order chi connectivity index (χ1) is 14.4. The van der Waals surface area contributed by atoms with Crippen molar-refractivity contribution >= 4 is 33.9 Å². The molecule has 0 aliphatic carbocycles. The minimum absolute atomic E-state index is 0.0493. The number of aromatic nitrogens is 3. The van der Waals surface area contributed by atoms with E-state index in [1.807, 2.05) is 30.5 Å². The van der Waals surface area contributed by atoms with Crippen molar-refractivity contribution < 1.29 is 22.4 Å². The molecule has 0 aliphatic heterocycles. The van der Waals surface area contributed by atoms with Crippen LogP contribution in [0.25, 0.3) is 38.9 Å². The third-order valence-corrected chi connectivity index (χ3v) is 5.46. The van der Waals surface area contributed by atoms with Crippen molar-refractivity contribution in [3.05, 3.63) is 65.4 Å². The predicted octanol–water partition coefficient (Wildman–Crippen LogP) is 5.12. The number of alkyl halides is 3. The fourth-order valence-electron chi connectivity index (χ4n) is 3.16. The average molecular weight is 428 g/mol. The van der Waals surface area contributed by atoms with E-state index in [0.29, 0.717) is 16.8 Å². The first kappa shape index (κ1) is 18.4. The van der Waals surface area contributed by atoms with Gasteiger partial charge in [-0.1, -0.05) is 6.07 Å². The highest BCUT2D eigenvalue weighted by molar-refractivity contribution is 7.12. The molecule has 150 valence electrons. The summed E-state index contributed by atoms with van der Waals surface area (Å²) in [6.07, 6.45) is 1.93. The summed E-state index contributed by atoms with van der Waals surface area (Å²) in [6, 6.07) is 9.05. The molecule has 5 aromatic rings. The molecule has 0 bridgehead atoms. The van der Waals surface area contributed by atoms with Crippen molar-refractivity contribution in [2.24, 2.45) is 0 Å². The van der Waals surface area contributed by atoms with Crippen LogP contribution in [0.15, 0.2) is 65.0 Å². The summed E-state index contributed by atoms with van der Waals surface area (Å²) in [5, 5.41) is 7.87. The lowest BCUT2D eigenvalue weighted by atomic mass is 10.1. The Morgan fingerprint density at radius 3 is 2.80 bits per heavy atom. The normalized spacial score (nSPS) is 12.0. The Labute approximate surface area is 170 Å². The highest BCUT2D eigenvalue weighted by atomic mass is 32.1. The van der Waals surface area contributed by atoms with Gasteiger partial charge in [-0.05, 0) is 40.8 Å². The van der Waals surface area contributed by atoms with Crippen molar-refractivity contribution in [2.45, 2.75) is 6.30 Å². The van der Waals surface area contributed by atoms with Crippen molar-refractivity contribution in [1.29, 1.82) is 0 Å². The first-order valence-corrected chi connectivity index (χ1v) is 9.54. The lowest BCUT2D eigenvalue weighted by molar-refractivity contribution is -0.146. The van der Waals surface area contributed by atoms with Crippen molar-refractivity contribution in [2.75, 3.05) is 0 Å². The molecule has 0 saturated heterocycles. The average Bonchev–Trinajstić information content (AvgIpc) is 3.43. The second kappa shape index (κ2) is 6.70. The van der Waals surface area contributed by atoms with E-state index in [9.17, 15) is 18.0 Å². The van der Waals surface area contributed by atoms with Crippen LogP contribution in [0.2, 0.25) is 0 Å². The van der Waals surface area contributed by atoms with E-state index in [0.717, 1.165) is 38.7 Å². The Balaban J connectivity index is 1.48. The molecule has 1 N–H and O–H groups in total. The minimum atomic E-state index is -4.77. The smallest absolute Gasteiger partial charge is 0.464 e. The molecule has 0 fully saturated rings. The Morgan fingerprint density at radius 1 is 1.10 bits per heavy atom. The second-order valence-corrected chi connectivity index (χ2v) is 7.41. The molecule has 0 radical (unpaired) electrons. The summed E-state index contributed by atoms with van der Waals surface area (Å²) in [4.78, 5) is 16.1. The number of thiophene rings is 1. The Hall–Kier alpha value is -3.66. The fourth-order valence-corrected chi connectivity index (χ4v) is 3.96. The molecule has 0 saturated carbocycles. The molecule has 6 nitrogen and oxygen atoms in total. The quantitative estimate of drug-likeness (QED) is 0.405. The summed E-state index contributed by atoms with van der Waals surface area (Å²) in [6.45, 7) is 0. The van der Waals surface area contributed by atoms with Crippen molar-refractivity contribution in [3.63, 3.8) is 0 Å². The van der Waals surface area contributed by atoms with Gasteiger partial charge in [-0.25, -0.2) is 9.50 Å². The van der Waals surface area contributed by atoms with Crippen LogP contribution < -0.4 is 5.32 Å².